The van der Waals surface area contributed by atoms with Crippen molar-refractivity contribution in [1.82, 2.24) is 25.5 Å². The zero-order chi connectivity index (χ0) is 13.8. The predicted octanol–water partition coefficient (Wildman–Crippen LogP) is 2.17. The average Bonchev–Trinajstić information content (AvgIpc) is 2.84. The molecule has 1 aromatic heterocycles. The molecule has 1 heterocycles. The molecule has 0 saturated carbocycles. The van der Waals surface area contributed by atoms with Gasteiger partial charge in [0.2, 0.25) is 0 Å². The molecule has 1 atom stereocenters. The van der Waals surface area contributed by atoms with Gasteiger partial charge < -0.3 is 5.32 Å². The van der Waals surface area contributed by atoms with Gasteiger partial charge in [-0.25, -0.2) is 4.39 Å². The first-order chi connectivity index (χ1) is 9.11. The van der Waals surface area contributed by atoms with E-state index in [0.717, 1.165) is 18.5 Å². The summed E-state index contributed by atoms with van der Waals surface area (Å²) in [5, 5.41) is 15.0. The van der Waals surface area contributed by atoms with Crippen molar-refractivity contribution in [3.8, 4) is 5.69 Å². The molecule has 2 aromatic rings. The molecule has 0 spiro atoms. The van der Waals surface area contributed by atoms with Crippen molar-refractivity contribution in [2.75, 3.05) is 6.54 Å². The lowest BCUT2D eigenvalue weighted by molar-refractivity contribution is 0.530. The Morgan fingerprint density at radius 3 is 2.84 bits per heavy atom. The molecule has 1 unspecified atom stereocenters. The van der Waals surface area contributed by atoms with Gasteiger partial charge in [-0.1, -0.05) is 6.92 Å². The summed E-state index contributed by atoms with van der Waals surface area (Å²) < 4.78 is 15.0. The molecule has 0 saturated heterocycles. The van der Waals surface area contributed by atoms with E-state index in [1.165, 1.54) is 12.1 Å². The van der Waals surface area contributed by atoms with E-state index in [0.29, 0.717) is 11.5 Å². The van der Waals surface area contributed by atoms with E-state index < -0.39 is 0 Å². The summed E-state index contributed by atoms with van der Waals surface area (Å²) >= 11 is 0. The smallest absolute Gasteiger partial charge is 0.173 e. The Labute approximate surface area is 111 Å². The lowest BCUT2D eigenvalue weighted by Crippen LogP contribution is -2.22. The molecule has 6 heteroatoms. The molecule has 19 heavy (non-hydrogen) atoms. The minimum Gasteiger partial charge on any atom is -0.307 e. The summed E-state index contributed by atoms with van der Waals surface area (Å²) in [4.78, 5) is 0. The molecular formula is C13H18FN5. The Morgan fingerprint density at radius 1 is 1.37 bits per heavy atom. The van der Waals surface area contributed by atoms with Crippen LogP contribution in [0, 0.1) is 12.7 Å². The van der Waals surface area contributed by atoms with Crippen molar-refractivity contribution in [3.63, 3.8) is 0 Å². The quantitative estimate of drug-likeness (QED) is 0.898. The molecule has 0 aliphatic carbocycles. The molecule has 0 amide bonds. The van der Waals surface area contributed by atoms with Crippen LogP contribution in [0.25, 0.3) is 5.69 Å². The standard InChI is InChI=1S/C13H18FN5/c1-4-5-15-10(3)13-16-17-18-19(13)12-7-9(2)6-11(14)8-12/h6-8,10,15H,4-5H2,1-3H3. The van der Waals surface area contributed by atoms with Crippen molar-refractivity contribution < 1.29 is 4.39 Å². The number of aryl methyl sites for hydroxylation is 1. The second kappa shape index (κ2) is 5.88. The normalized spacial score (nSPS) is 12.6. The second-order valence-electron chi connectivity index (χ2n) is 4.61. The number of hydrogen-bond donors (Lipinski definition) is 1. The van der Waals surface area contributed by atoms with Gasteiger partial charge in [-0.15, -0.1) is 5.10 Å². The Kier molecular flexibility index (Phi) is 4.21. The molecular weight excluding hydrogens is 245 g/mol. The monoisotopic (exact) mass is 263 g/mol. The molecule has 5 nitrogen and oxygen atoms in total. The third kappa shape index (κ3) is 3.14. The van der Waals surface area contributed by atoms with Crippen molar-refractivity contribution >= 4 is 0 Å². The summed E-state index contributed by atoms with van der Waals surface area (Å²) in [7, 11) is 0. The van der Waals surface area contributed by atoms with E-state index in [-0.39, 0.29) is 11.9 Å². The van der Waals surface area contributed by atoms with E-state index in [9.17, 15) is 4.39 Å². The fraction of sp³-hybridized carbons (Fsp3) is 0.462. The number of halogens is 1. The average molecular weight is 263 g/mol. The number of nitrogens with one attached hydrogen (secondary N) is 1. The largest absolute Gasteiger partial charge is 0.307 e. The highest BCUT2D eigenvalue weighted by atomic mass is 19.1. The van der Waals surface area contributed by atoms with Crippen LogP contribution in [0.2, 0.25) is 0 Å². The molecule has 0 radical (unpaired) electrons. The number of rotatable bonds is 5. The summed E-state index contributed by atoms with van der Waals surface area (Å²) in [5.41, 5.74) is 1.48. The number of benzene rings is 1. The second-order valence-corrected chi connectivity index (χ2v) is 4.61. The van der Waals surface area contributed by atoms with Gasteiger partial charge in [0.1, 0.15) is 5.82 Å². The SMILES string of the molecule is CCCNC(C)c1nnnn1-c1cc(C)cc(F)c1. The van der Waals surface area contributed by atoms with E-state index in [4.69, 9.17) is 0 Å². The van der Waals surface area contributed by atoms with Crippen LogP contribution in [0.15, 0.2) is 18.2 Å². The van der Waals surface area contributed by atoms with Gasteiger partial charge in [0.25, 0.3) is 0 Å². The molecule has 1 aromatic carbocycles. The predicted molar refractivity (Wildman–Crippen MR) is 70.6 cm³/mol. The first-order valence-corrected chi connectivity index (χ1v) is 6.41. The third-order valence-electron chi connectivity index (χ3n) is 2.85. The van der Waals surface area contributed by atoms with Crippen molar-refractivity contribution in [1.29, 1.82) is 0 Å². The number of hydrogen-bond acceptors (Lipinski definition) is 4. The van der Waals surface area contributed by atoms with Crippen molar-refractivity contribution in [2.45, 2.75) is 33.2 Å². The molecule has 2 rings (SSSR count). The van der Waals surface area contributed by atoms with E-state index >= 15 is 0 Å². The first kappa shape index (κ1) is 13.6. The van der Waals surface area contributed by atoms with Crippen molar-refractivity contribution in [3.05, 3.63) is 35.4 Å². The first-order valence-electron chi connectivity index (χ1n) is 6.41. The van der Waals surface area contributed by atoms with Crippen LogP contribution in [0.1, 0.15) is 37.7 Å². The van der Waals surface area contributed by atoms with E-state index in [2.05, 4.69) is 27.8 Å². The molecule has 0 aliphatic heterocycles. The van der Waals surface area contributed by atoms with Crippen LogP contribution in [0.4, 0.5) is 4.39 Å². The Hall–Kier alpha value is -1.82. The molecule has 0 fully saturated rings. The van der Waals surface area contributed by atoms with Crippen molar-refractivity contribution in [2.24, 2.45) is 0 Å². The van der Waals surface area contributed by atoms with E-state index in [1.807, 2.05) is 19.9 Å². The maximum Gasteiger partial charge on any atom is 0.173 e. The minimum absolute atomic E-state index is 0.0125. The lowest BCUT2D eigenvalue weighted by atomic mass is 10.2. The van der Waals surface area contributed by atoms with Gasteiger partial charge >= 0.3 is 0 Å². The Bertz CT molecular complexity index is 531. The highest BCUT2D eigenvalue weighted by Gasteiger charge is 2.15. The number of tetrazole rings is 1. The summed E-state index contributed by atoms with van der Waals surface area (Å²) in [5.74, 6) is 0.393. The van der Waals surface area contributed by atoms with Crippen LogP contribution in [-0.2, 0) is 0 Å². The summed E-state index contributed by atoms with van der Waals surface area (Å²) in [6, 6.07) is 4.78. The zero-order valence-corrected chi connectivity index (χ0v) is 11.4. The fourth-order valence-electron chi connectivity index (χ4n) is 1.94. The van der Waals surface area contributed by atoms with Gasteiger partial charge in [-0.3, -0.25) is 0 Å². The molecule has 102 valence electrons. The summed E-state index contributed by atoms with van der Waals surface area (Å²) in [6.45, 7) is 6.81. The third-order valence-corrected chi connectivity index (χ3v) is 2.85. The van der Waals surface area contributed by atoms with Crippen LogP contribution in [0.3, 0.4) is 0 Å². The molecule has 1 N–H and O–H groups in total. The van der Waals surface area contributed by atoms with Crippen LogP contribution < -0.4 is 5.32 Å². The van der Waals surface area contributed by atoms with Crippen LogP contribution in [0.5, 0.6) is 0 Å². The van der Waals surface area contributed by atoms with Crippen LogP contribution >= 0.6 is 0 Å². The van der Waals surface area contributed by atoms with Gasteiger partial charge in [0, 0.05) is 0 Å². The molecule has 0 bridgehead atoms. The molecule has 0 aliphatic rings. The topological polar surface area (TPSA) is 55.6 Å². The number of nitrogens with zero attached hydrogens (tertiary/aromatic N) is 4. The van der Waals surface area contributed by atoms with Gasteiger partial charge in [0.05, 0.1) is 11.7 Å². The number of aromatic nitrogens is 4. The van der Waals surface area contributed by atoms with Gasteiger partial charge in [-0.2, -0.15) is 4.68 Å². The Balaban J connectivity index is 2.32. The van der Waals surface area contributed by atoms with E-state index in [1.54, 1.807) is 4.68 Å². The lowest BCUT2D eigenvalue weighted by Gasteiger charge is -2.13. The minimum atomic E-state index is -0.286. The van der Waals surface area contributed by atoms with Crippen LogP contribution in [-0.4, -0.2) is 26.8 Å². The van der Waals surface area contributed by atoms with Gasteiger partial charge in [0.15, 0.2) is 5.82 Å². The highest BCUT2D eigenvalue weighted by molar-refractivity contribution is 5.36. The fourth-order valence-corrected chi connectivity index (χ4v) is 1.94. The highest BCUT2D eigenvalue weighted by Crippen LogP contribution is 2.16. The van der Waals surface area contributed by atoms with Gasteiger partial charge in [-0.05, 0) is 61.0 Å². The Morgan fingerprint density at radius 2 is 2.16 bits per heavy atom. The zero-order valence-electron chi connectivity index (χ0n) is 11.4. The maximum atomic E-state index is 13.5. The maximum absolute atomic E-state index is 13.5. The summed E-state index contributed by atoms with van der Waals surface area (Å²) in [6.07, 6.45) is 1.03.